The first kappa shape index (κ1) is 20.6. The van der Waals surface area contributed by atoms with Crippen LogP contribution in [0.25, 0.3) is 0 Å². The first-order chi connectivity index (χ1) is 12.9. The summed E-state index contributed by atoms with van der Waals surface area (Å²) in [5.41, 5.74) is 0.866. The lowest BCUT2D eigenvalue weighted by Crippen LogP contribution is -2.22. The molecule has 0 fully saturated rings. The predicted molar refractivity (Wildman–Crippen MR) is 99.7 cm³/mol. The number of esters is 2. The van der Waals surface area contributed by atoms with Gasteiger partial charge in [-0.1, -0.05) is 19.1 Å². The molecule has 0 saturated carbocycles. The topological polar surface area (TPSA) is 81.7 Å². The summed E-state index contributed by atoms with van der Waals surface area (Å²) >= 11 is 1.25. The van der Waals surface area contributed by atoms with Gasteiger partial charge in [-0.3, -0.25) is 4.79 Å². The van der Waals surface area contributed by atoms with Gasteiger partial charge in [0.05, 0.1) is 17.7 Å². The molecular formula is C19H20FNO5S. The summed E-state index contributed by atoms with van der Waals surface area (Å²) in [7, 11) is 0. The molecule has 0 saturated heterocycles. The quantitative estimate of drug-likeness (QED) is 0.725. The number of halogens is 1. The molecule has 1 aromatic heterocycles. The number of thiophene rings is 1. The van der Waals surface area contributed by atoms with Crippen molar-refractivity contribution in [2.75, 3.05) is 18.5 Å². The molecule has 1 aromatic carbocycles. The lowest BCUT2D eigenvalue weighted by atomic mass is 10.1. The zero-order valence-electron chi connectivity index (χ0n) is 15.3. The molecular weight excluding hydrogens is 373 g/mol. The zero-order valence-corrected chi connectivity index (χ0v) is 16.1. The fraction of sp³-hybridized carbons (Fsp3) is 0.316. The molecule has 2 rings (SSSR count). The number of rotatable bonds is 7. The molecule has 0 atom stereocenters. The van der Waals surface area contributed by atoms with E-state index in [1.54, 1.807) is 6.92 Å². The van der Waals surface area contributed by atoms with E-state index < -0.39 is 30.3 Å². The Morgan fingerprint density at radius 1 is 1.11 bits per heavy atom. The average molecular weight is 393 g/mol. The number of amides is 1. The fourth-order valence-electron chi connectivity index (χ4n) is 2.51. The number of ether oxygens (including phenoxy) is 2. The summed E-state index contributed by atoms with van der Waals surface area (Å²) in [5, 5.41) is 2.92. The Hall–Kier alpha value is -2.74. The van der Waals surface area contributed by atoms with E-state index in [1.165, 1.54) is 29.5 Å². The Morgan fingerprint density at radius 3 is 2.44 bits per heavy atom. The van der Waals surface area contributed by atoms with E-state index in [0.717, 1.165) is 16.5 Å². The molecule has 6 nitrogen and oxygen atoms in total. The lowest BCUT2D eigenvalue weighted by molar-refractivity contribution is -0.119. The number of hydrogen-bond acceptors (Lipinski definition) is 6. The van der Waals surface area contributed by atoms with Gasteiger partial charge in [-0.2, -0.15) is 0 Å². The van der Waals surface area contributed by atoms with Crippen LogP contribution in [0, 0.1) is 12.7 Å². The van der Waals surface area contributed by atoms with Crippen molar-refractivity contribution < 1.29 is 28.2 Å². The van der Waals surface area contributed by atoms with Gasteiger partial charge in [-0.15, -0.1) is 11.3 Å². The van der Waals surface area contributed by atoms with Crippen molar-refractivity contribution in [2.45, 2.75) is 27.2 Å². The third-order valence-corrected chi connectivity index (χ3v) is 4.79. The van der Waals surface area contributed by atoms with Crippen LogP contribution >= 0.6 is 11.3 Å². The Labute approximate surface area is 160 Å². The minimum atomic E-state index is -0.939. The number of carbonyl (C=O) groups is 3. The molecule has 144 valence electrons. The van der Waals surface area contributed by atoms with E-state index in [1.807, 2.05) is 13.8 Å². The van der Waals surface area contributed by atoms with E-state index in [9.17, 15) is 18.8 Å². The molecule has 27 heavy (non-hydrogen) atoms. The van der Waals surface area contributed by atoms with Gasteiger partial charge in [0.15, 0.2) is 6.61 Å². The summed E-state index contributed by atoms with van der Waals surface area (Å²) in [4.78, 5) is 37.1. The highest BCUT2D eigenvalue weighted by atomic mass is 32.1. The first-order valence-electron chi connectivity index (χ1n) is 8.39. The molecule has 1 heterocycles. The van der Waals surface area contributed by atoms with Crippen LogP contribution in [0.4, 0.5) is 9.39 Å². The van der Waals surface area contributed by atoms with E-state index in [-0.39, 0.29) is 12.2 Å². The van der Waals surface area contributed by atoms with E-state index in [0.29, 0.717) is 17.0 Å². The molecule has 0 spiro atoms. The summed E-state index contributed by atoms with van der Waals surface area (Å²) in [6, 6.07) is 5.33. The van der Waals surface area contributed by atoms with Gasteiger partial charge in [0.2, 0.25) is 0 Å². The van der Waals surface area contributed by atoms with Gasteiger partial charge < -0.3 is 14.8 Å². The Morgan fingerprint density at radius 2 is 1.81 bits per heavy atom. The van der Waals surface area contributed by atoms with Crippen LogP contribution in [0.5, 0.6) is 0 Å². The van der Waals surface area contributed by atoms with Crippen molar-refractivity contribution in [3.8, 4) is 0 Å². The third-order valence-electron chi connectivity index (χ3n) is 3.72. The summed E-state index contributed by atoms with van der Waals surface area (Å²) in [6.07, 6.45) is 0.606. The first-order valence-corrected chi connectivity index (χ1v) is 9.21. The fourth-order valence-corrected chi connectivity index (χ4v) is 3.66. The van der Waals surface area contributed by atoms with E-state index in [4.69, 9.17) is 9.47 Å². The maximum Gasteiger partial charge on any atom is 0.341 e. The van der Waals surface area contributed by atoms with Crippen molar-refractivity contribution in [1.82, 2.24) is 0 Å². The normalized spacial score (nSPS) is 10.4. The number of benzene rings is 1. The predicted octanol–water partition coefficient (Wildman–Crippen LogP) is 3.73. The zero-order chi connectivity index (χ0) is 20.0. The molecule has 0 aliphatic carbocycles. The van der Waals surface area contributed by atoms with Crippen LogP contribution in [0.2, 0.25) is 0 Å². The van der Waals surface area contributed by atoms with Gasteiger partial charge in [0.1, 0.15) is 10.8 Å². The Bertz CT molecular complexity index is 862. The third kappa shape index (κ3) is 4.91. The van der Waals surface area contributed by atoms with Crippen molar-refractivity contribution in [3.63, 3.8) is 0 Å². The highest BCUT2D eigenvalue weighted by molar-refractivity contribution is 7.16. The summed E-state index contributed by atoms with van der Waals surface area (Å²) in [5.74, 6) is -2.81. The van der Waals surface area contributed by atoms with Crippen molar-refractivity contribution in [1.29, 1.82) is 0 Å². The maximum absolute atomic E-state index is 13.6. The van der Waals surface area contributed by atoms with E-state index in [2.05, 4.69) is 5.32 Å². The Kier molecular flexibility index (Phi) is 7.06. The van der Waals surface area contributed by atoms with Crippen LogP contribution in [0.15, 0.2) is 24.3 Å². The molecule has 2 aromatic rings. The molecule has 1 N–H and O–H groups in total. The lowest BCUT2D eigenvalue weighted by Gasteiger charge is -2.09. The van der Waals surface area contributed by atoms with Gasteiger partial charge in [-0.25, -0.2) is 14.0 Å². The number of aryl methyl sites for hydroxylation is 1. The molecule has 1 amide bonds. The monoisotopic (exact) mass is 393 g/mol. The van der Waals surface area contributed by atoms with E-state index >= 15 is 0 Å². The standard InChI is InChI=1S/C19H20FNO5S/c1-4-12-11(3)27-17(16(12)19(24)25-5-2)21-15(22)10-26-18(23)13-8-6-7-9-14(13)20/h6-9H,4-5,10H2,1-3H3,(H,21,22). The second-order valence-electron chi connectivity index (χ2n) is 5.52. The smallest absolute Gasteiger partial charge is 0.341 e. The highest BCUT2D eigenvalue weighted by Crippen LogP contribution is 2.34. The summed E-state index contributed by atoms with van der Waals surface area (Å²) < 4.78 is 23.5. The minimum Gasteiger partial charge on any atom is -0.462 e. The number of anilines is 1. The number of nitrogens with one attached hydrogen (secondary N) is 1. The molecule has 0 aliphatic rings. The van der Waals surface area contributed by atoms with Crippen LogP contribution in [0.1, 0.15) is 45.0 Å². The Balaban J connectivity index is 2.08. The van der Waals surface area contributed by atoms with Crippen molar-refractivity contribution in [2.24, 2.45) is 0 Å². The van der Waals surface area contributed by atoms with Crippen LogP contribution in [-0.4, -0.2) is 31.1 Å². The van der Waals surface area contributed by atoms with Crippen LogP contribution < -0.4 is 5.32 Å². The van der Waals surface area contributed by atoms with Crippen molar-refractivity contribution in [3.05, 3.63) is 51.7 Å². The van der Waals surface area contributed by atoms with Gasteiger partial charge in [0, 0.05) is 4.88 Å². The number of hydrogen-bond donors (Lipinski definition) is 1. The minimum absolute atomic E-state index is 0.213. The average Bonchev–Trinajstić information content (AvgIpc) is 2.95. The van der Waals surface area contributed by atoms with Gasteiger partial charge in [-0.05, 0) is 38.0 Å². The second kappa shape index (κ2) is 9.27. The molecule has 0 unspecified atom stereocenters. The largest absolute Gasteiger partial charge is 0.462 e. The SMILES string of the molecule is CCOC(=O)c1c(NC(=O)COC(=O)c2ccccc2F)sc(C)c1CC. The van der Waals surface area contributed by atoms with Crippen LogP contribution in [0.3, 0.4) is 0 Å². The summed E-state index contributed by atoms with van der Waals surface area (Å²) in [6.45, 7) is 5.06. The molecule has 0 radical (unpaired) electrons. The second-order valence-corrected chi connectivity index (χ2v) is 6.74. The van der Waals surface area contributed by atoms with Crippen LogP contribution in [-0.2, 0) is 20.7 Å². The maximum atomic E-state index is 13.6. The molecule has 0 bridgehead atoms. The number of carbonyl (C=O) groups excluding carboxylic acids is 3. The van der Waals surface area contributed by atoms with Crippen molar-refractivity contribution >= 4 is 34.2 Å². The van der Waals surface area contributed by atoms with Gasteiger partial charge in [0.25, 0.3) is 5.91 Å². The molecule has 0 aliphatic heterocycles. The molecule has 8 heteroatoms. The highest BCUT2D eigenvalue weighted by Gasteiger charge is 2.24. The van der Waals surface area contributed by atoms with Gasteiger partial charge >= 0.3 is 11.9 Å².